The first-order valence-electron chi connectivity index (χ1n) is 9.02. The minimum Gasteiger partial charge on any atom is -0.351 e. The van der Waals surface area contributed by atoms with Crippen LogP contribution in [-0.4, -0.2) is 26.4 Å². The number of nitrogens with zero attached hydrogens (tertiary/aromatic N) is 3. The summed E-state index contributed by atoms with van der Waals surface area (Å²) in [6.07, 6.45) is 0. The van der Waals surface area contributed by atoms with Gasteiger partial charge in [-0.15, -0.1) is 10.2 Å². The molecule has 27 heavy (non-hydrogen) atoms. The predicted molar refractivity (Wildman–Crippen MR) is 110 cm³/mol. The Balaban J connectivity index is 1.63. The molecule has 0 aliphatic heterocycles. The van der Waals surface area contributed by atoms with Crippen LogP contribution in [0.2, 0.25) is 0 Å². The normalized spacial score (nSPS) is 10.8. The van der Waals surface area contributed by atoms with E-state index in [1.807, 2.05) is 37.3 Å². The van der Waals surface area contributed by atoms with E-state index in [1.165, 1.54) is 17.3 Å². The largest absolute Gasteiger partial charge is 0.351 e. The first-order valence-corrected chi connectivity index (χ1v) is 10.0. The smallest absolute Gasteiger partial charge is 0.230 e. The molecule has 1 heterocycles. The summed E-state index contributed by atoms with van der Waals surface area (Å²) < 4.78 is 2.06. The van der Waals surface area contributed by atoms with Crippen LogP contribution >= 0.6 is 11.8 Å². The SMILES string of the molecule is CCn1c(SCC(=O)NCc2cccc(C)c2)nnc1-c1ccccc1C. The van der Waals surface area contributed by atoms with Crippen LogP contribution in [0.3, 0.4) is 0 Å². The first kappa shape index (κ1) is 19.2. The Hall–Kier alpha value is -2.60. The van der Waals surface area contributed by atoms with Crippen molar-refractivity contribution in [3.63, 3.8) is 0 Å². The molecule has 1 aromatic heterocycles. The maximum absolute atomic E-state index is 12.2. The average molecular weight is 381 g/mol. The zero-order valence-electron chi connectivity index (χ0n) is 15.9. The molecule has 0 aliphatic rings. The number of aromatic nitrogens is 3. The van der Waals surface area contributed by atoms with Crippen LogP contribution in [0.4, 0.5) is 0 Å². The van der Waals surface area contributed by atoms with Crippen LogP contribution in [0.1, 0.15) is 23.6 Å². The van der Waals surface area contributed by atoms with Crippen molar-refractivity contribution in [3.8, 4) is 11.4 Å². The summed E-state index contributed by atoms with van der Waals surface area (Å²) >= 11 is 1.42. The number of rotatable bonds is 7. The van der Waals surface area contributed by atoms with Gasteiger partial charge in [-0.25, -0.2) is 0 Å². The average Bonchev–Trinajstić information content (AvgIpc) is 3.08. The lowest BCUT2D eigenvalue weighted by Crippen LogP contribution is -2.24. The lowest BCUT2D eigenvalue weighted by Gasteiger charge is -2.09. The summed E-state index contributed by atoms with van der Waals surface area (Å²) in [7, 11) is 0. The molecular formula is C21H24N4OS. The molecule has 3 rings (SSSR count). The Kier molecular flexibility index (Phi) is 6.29. The maximum Gasteiger partial charge on any atom is 0.230 e. The van der Waals surface area contributed by atoms with Crippen molar-refractivity contribution in [3.05, 3.63) is 65.2 Å². The monoisotopic (exact) mass is 380 g/mol. The summed E-state index contributed by atoms with van der Waals surface area (Å²) in [4.78, 5) is 12.2. The van der Waals surface area contributed by atoms with E-state index in [-0.39, 0.29) is 5.91 Å². The maximum atomic E-state index is 12.2. The van der Waals surface area contributed by atoms with E-state index in [2.05, 4.69) is 52.1 Å². The molecule has 0 unspecified atom stereocenters. The third-order valence-electron chi connectivity index (χ3n) is 4.32. The number of hydrogen-bond donors (Lipinski definition) is 1. The lowest BCUT2D eigenvalue weighted by molar-refractivity contribution is -0.118. The molecule has 2 aromatic carbocycles. The van der Waals surface area contributed by atoms with Crippen molar-refractivity contribution in [2.45, 2.75) is 39.0 Å². The van der Waals surface area contributed by atoms with Gasteiger partial charge in [-0.1, -0.05) is 65.9 Å². The number of nitrogens with one attached hydrogen (secondary N) is 1. The molecule has 0 saturated carbocycles. The Morgan fingerprint density at radius 2 is 1.93 bits per heavy atom. The molecule has 0 bridgehead atoms. The summed E-state index contributed by atoms with van der Waals surface area (Å²) in [6.45, 7) is 7.47. The predicted octanol–water partition coefficient (Wildman–Crippen LogP) is 3.99. The van der Waals surface area contributed by atoms with Gasteiger partial charge >= 0.3 is 0 Å². The van der Waals surface area contributed by atoms with Crippen molar-refractivity contribution in [1.29, 1.82) is 0 Å². The molecule has 5 nitrogen and oxygen atoms in total. The zero-order valence-corrected chi connectivity index (χ0v) is 16.7. The van der Waals surface area contributed by atoms with Crippen molar-refractivity contribution in [1.82, 2.24) is 20.1 Å². The van der Waals surface area contributed by atoms with Crippen LogP contribution < -0.4 is 5.32 Å². The molecule has 1 amide bonds. The van der Waals surface area contributed by atoms with Crippen molar-refractivity contribution >= 4 is 17.7 Å². The van der Waals surface area contributed by atoms with E-state index in [0.29, 0.717) is 12.3 Å². The van der Waals surface area contributed by atoms with E-state index < -0.39 is 0 Å². The fourth-order valence-corrected chi connectivity index (χ4v) is 3.74. The molecule has 140 valence electrons. The summed E-state index contributed by atoms with van der Waals surface area (Å²) in [5, 5.41) is 12.4. The molecule has 0 fully saturated rings. The van der Waals surface area contributed by atoms with E-state index in [4.69, 9.17) is 0 Å². The topological polar surface area (TPSA) is 59.8 Å². The second-order valence-electron chi connectivity index (χ2n) is 6.42. The molecule has 0 atom stereocenters. The number of amides is 1. The molecule has 3 aromatic rings. The highest BCUT2D eigenvalue weighted by Crippen LogP contribution is 2.26. The van der Waals surface area contributed by atoms with Crippen LogP contribution in [0.15, 0.2) is 53.7 Å². The van der Waals surface area contributed by atoms with Gasteiger partial charge in [-0.2, -0.15) is 0 Å². The van der Waals surface area contributed by atoms with E-state index in [9.17, 15) is 4.79 Å². The third-order valence-corrected chi connectivity index (χ3v) is 5.29. The Morgan fingerprint density at radius 1 is 1.11 bits per heavy atom. The van der Waals surface area contributed by atoms with Gasteiger partial charge in [-0.05, 0) is 31.9 Å². The molecule has 0 aliphatic carbocycles. The summed E-state index contributed by atoms with van der Waals surface area (Å²) in [6, 6.07) is 16.3. The standard InChI is InChI=1S/C21H24N4OS/c1-4-25-20(18-11-6-5-9-16(18)3)23-24-21(25)27-14-19(26)22-13-17-10-7-8-15(2)12-17/h5-12H,4,13-14H2,1-3H3,(H,22,26). The van der Waals surface area contributed by atoms with Gasteiger partial charge in [0.05, 0.1) is 5.75 Å². The molecule has 0 saturated heterocycles. The van der Waals surface area contributed by atoms with Gasteiger partial charge in [0.2, 0.25) is 5.91 Å². The van der Waals surface area contributed by atoms with E-state index >= 15 is 0 Å². The highest BCUT2D eigenvalue weighted by Gasteiger charge is 2.15. The van der Waals surface area contributed by atoms with Gasteiger partial charge in [0.15, 0.2) is 11.0 Å². The first-order chi connectivity index (χ1) is 13.1. The van der Waals surface area contributed by atoms with Crippen LogP contribution in [0.25, 0.3) is 11.4 Å². The van der Waals surface area contributed by atoms with Crippen molar-refractivity contribution in [2.24, 2.45) is 0 Å². The Bertz CT molecular complexity index is 935. The summed E-state index contributed by atoms with van der Waals surface area (Å²) in [5.74, 6) is 1.15. The summed E-state index contributed by atoms with van der Waals surface area (Å²) in [5.41, 5.74) is 4.53. The number of hydrogen-bond acceptors (Lipinski definition) is 4. The van der Waals surface area contributed by atoms with E-state index in [0.717, 1.165) is 34.2 Å². The number of thioether (sulfide) groups is 1. The fraction of sp³-hybridized carbons (Fsp3) is 0.286. The number of aryl methyl sites for hydroxylation is 2. The fourth-order valence-electron chi connectivity index (χ4n) is 2.91. The van der Waals surface area contributed by atoms with E-state index in [1.54, 1.807) is 0 Å². The molecule has 0 spiro atoms. The zero-order chi connectivity index (χ0) is 19.2. The van der Waals surface area contributed by atoms with Gasteiger partial charge < -0.3 is 9.88 Å². The highest BCUT2D eigenvalue weighted by atomic mass is 32.2. The van der Waals surface area contributed by atoms with Crippen LogP contribution in [-0.2, 0) is 17.9 Å². The number of carbonyl (C=O) groups is 1. The number of carbonyl (C=O) groups excluding carboxylic acids is 1. The molecule has 1 N–H and O–H groups in total. The van der Waals surface area contributed by atoms with Crippen molar-refractivity contribution < 1.29 is 4.79 Å². The second-order valence-corrected chi connectivity index (χ2v) is 7.36. The van der Waals surface area contributed by atoms with Gasteiger partial charge in [0.1, 0.15) is 0 Å². The molecule has 0 radical (unpaired) electrons. The third kappa shape index (κ3) is 4.77. The molecular weight excluding hydrogens is 356 g/mol. The minimum atomic E-state index is -0.00963. The van der Waals surface area contributed by atoms with Crippen LogP contribution in [0, 0.1) is 13.8 Å². The Morgan fingerprint density at radius 3 is 2.67 bits per heavy atom. The second kappa shape index (κ2) is 8.86. The van der Waals surface area contributed by atoms with Crippen LogP contribution in [0.5, 0.6) is 0 Å². The minimum absolute atomic E-state index is 0.00963. The van der Waals surface area contributed by atoms with Crippen molar-refractivity contribution in [2.75, 3.05) is 5.75 Å². The molecule has 6 heteroatoms. The number of benzene rings is 2. The quantitative estimate of drug-likeness (QED) is 0.630. The Labute approximate surface area is 164 Å². The van der Waals surface area contributed by atoms with Gasteiger partial charge in [-0.3, -0.25) is 4.79 Å². The van der Waals surface area contributed by atoms with Gasteiger partial charge in [0, 0.05) is 18.7 Å². The lowest BCUT2D eigenvalue weighted by atomic mass is 10.1. The highest BCUT2D eigenvalue weighted by molar-refractivity contribution is 7.99. The van der Waals surface area contributed by atoms with Gasteiger partial charge in [0.25, 0.3) is 0 Å².